The Balaban J connectivity index is 0.000000216. The lowest BCUT2D eigenvalue weighted by Crippen LogP contribution is -2.38. The number of aromatic nitrogens is 4. The van der Waals surface area contributed by atoms with E-state index in [1.165, 1.54) is 70.0 Å². The Kier molecular flexibility index (Phi) is 43.2. The maximum atomic E-state index is 11.6. The van der Waals surface area contributed by atoms with Crippen molar-refractivity contribution in [3.63, 3.8) is 0 Å². The van der Waals surface area contributed by atoms with Crippen LogP contribution in [0.4, 0.5) is 0 Å². The second-order valence-electron chi connectivity index (χ2n) is 36.6. The minimum atomic E-state index is -3.36. The summed E-state index contributed by atoms with van der Waals surface area (Å²) in [5.41, 5.74) is 6.06. The number of furan rings is 3. The molecule has 127 heavy (non-hydrogen) atoms. The molecule has 0 fully saturated rings. The molecule has 14 heterocycles. The number of nitrogens with one attached hydrogen (secondary N) is 2. The lowest BCUT2D eigenvalue weighted by Gasteiger charge is -2.30. The van der Waals surface area contributed by atoms with Crippen LogP contribution in [0.1, 0.15) is 276 Å². The van der Waals surface area contributed by atoms with Crippen LogP contribution in [0.5, 0.6) is 23.1 Å². The van der Waals surface area contributed by atoms with Crippen LogP contribution in [0.2, 0.25) is 0 Å². The van der Waals surface area contributed by atoms with Crippen molar-refractivity contribution in [2.75, 3.05) is 25.4 Å². The molecule has 700 valence electrons. The zero-order valence-corrected chi connectivity index (χ0v) is 81.6. The number of imidazole rings is 1. The van der Waals surface area contributed by atoms with E-state index in [1.807, 2.05) is 80.1 Å². The first-order valence-electron chi connectivity index (χ1n) is 44.5. The Hall–Kier alpha value is -9.52. The van der Waals surface area contributed by atoms with Gasteiger partial charge in [0, 0.05) is 131 Å². The molecule has 26 nitrogen and oxygen atoms in total. The third kappa shape index (κ3) is 36.5. The number of benzene rings is 2. The normalized spacial score (nSPS) is 16.0. The lowest BCUT2D eigenvalue weighted by molar-refractivity contribution is -0.136. The van der Waals surface area contributed by atoms with Crippen LogP contribution in [-0.2, 0) is 85.6 Å². The van der Waals surface area contributed by atoms with E-state index in [2.05, 4.69) is 180 Å². The molecule has 0 saturated carbocycles. The lowest BCUT2D eigenvalue weighted by atomic mass is 10.0. The molecule has 0 atom stereocenters. The molecule has 0 radical (unpaired) electrons. The van der Waals surface area contributed by atoms with Crippen LogP contribution >= 0.6 is 23.5 Å². The number of aromatic hydroxyl groups is 4. The van der Waals surface area contributed by atoms with E-state index >= 15 is 0 Å². The number of Topliss-reactive ketones (excluding diaryl/α,β-unsaturated/α-hetero) is 1. The molecule has 0 spiro atoms. The van der Waals surface area contributed by atoms with Crippen LogP contribution in [0, 0.1) is 42.4 Å². The Labute approximate surface area is 760 Å². The topological polar surface area (TPSA) is 353 Å². The van der Waals surface area contributed by atoms with Gasteiger partial charge in [0.25, 0.3) is 5.56 Å². The molecule has 0 bridgehead atoms. The monoisotopic (exact) mass is 1810 g/mol. The number of ketones is 1. The van der Waals surface area contributed by atoms with Crippen molar-refractivity contribution in [1.29, 1.82) is 0 Å². The number of aryl methyl sites for hydroxylation is 1. The molecule has 0 amide bonds. The quantitative estimate of drug-likeness (QED) is 0.0461. The van der Waals surface area contributed by atoms with Crippen LogP contribution in [0.25, 0.3) is 11.0 Å². The number of ether oxygens (including phenoxy) is 2. The van der Waals surface area contributed by atoms with Crippen LogP contribution in [-0.4, -0.2) is 129 Å². The highest BCUT2D eigenvalue weighted by Gasteiger charge is 2.34. The molecule has 8 aromatic rings. The summed E-state index contributed by atoms with van der Waals surface area (Å²) in [5, 5.41) is 48.0. The summed E-state index contributed by atoms with van der Waals surface area (Å²) in [4.78, 5) is 67.9. The fraction of sp³-hybridized carbons (Fsp3) is 0.541. The van der Waals surface area contributed by atoms with Gasteiger partial charge in [0.15, 0.2) is 49.0 Å². The Morgan fingerprint density at radius 2 is 1.06 bits per heavy atom. The predicted octanol–water partition coefficient (Wildman–Crippen LogP) is 21.7. The Morgan fingerprint density at radius 1 is 0.528 bits per heavy atom. The van der Waals surface area contributed by atoms with E-state index in [1.54, 1.807) is 12.1 Å². The van der Waals surface area contributed by atoms with E-state index < -0.39 is 9.84 Å². The largest absolute Gasteiger partial charge is 0.504 e. The van der Waals surface area contributed by atoms with Gasteiger partial charge in [-0.25, -0.2) is 13.4 Å². The van der Waals surface area contributed by atoms with Gasteiger partial charge in [0.05, 0.1) is 41.7 Å². The average molecular weight is 1820 g/mol. The van der Waals surface area contributed by atoms with Crippen molar-refractivity contribution < 1.29 is 79.8 Å². The van der Waals surface area contributed by atoms with E-state index in [4.69, 9.17) is 31.8 Å². The molecule has 29 heteroatoms. The minimum Gasteiger partial charge on any atom is -0.504 e. The van der Waals surface area contributed by atoms with Crippen molar-refractivity contribution in [2.24, 2.45) is 35.5 Å². The molecule has 0 unspecified atom stereocenters. The number of cyclic esters (lactones) is 1. The number of rotatable bonds is 17. The molecule has 6 aromatic heterocycles. The zero-order valence-electron chi connectivity index (χ0n) is 79.1. The highest BCUT2D eigenvalue weighted by Crippen LogP contribution is 2.36. The number of carbonyl (C=O) groups is 4. The fourth-order valence-electron chi connectivity index (χ4n) is 13.8. The van der Waals surface area contributed by atoms with Crippen molar-refractivity contribution in [1.82, 2.24) is 39.9 Å². The number of H-pyrrole nitrogens is 1. The van der Waals surface area contributed by atoms with E-state index in [-0.39, 0.29) is 39.6 Å². The van der Waals surface area contributed by atoms with E-state index in [0.717, 1.165) is 171 Å². The van der Waals surface area contributed by atoms with E-state index in [0.29, 0.717) is 118 Å². The van der Waals surface area contributed by atoms with Crippen LogP contribution < -0.4 is 10.9 Å². The fourth-order valence-corrected chi connectivity index (χ4v) is 17.4. The summed E-state index contributed by atoms with van der Waals surface area (Å²) in [7, 11) is -3.36. The van der Waals surface area contributed by atoms with Crippen LogP contribution in [0.15, 0.2) is 164 Å². The smallest absolute Gasteiger partial charge is 0.314 e. The van der Waals surface area contributed by atoms with Gasteiger partial charge in [-0.2, -0.15) is 5.16 Å². The van der Waals surface area contributed by atoms with Gasteiger partial charge < -0.3 is 57.5 Å². The zero-order chi connectivity index (χ0) is 94.3. The predicted molar refractivity (Wildman–Crippen MR) is 504 cm³/mol. The summed E-state index contributed by atoms with van der Waals surface area (Å²) in [5.74, 6) is 11.9. The maximum Gasteiger partial charge on any atom is 0.314 e. The number of carbonyl (C=O) groups excluding carboxylic acids is 4. The number of allylic oxidation sites excluding steroid dienone is 6. The minimum absolute atomic E-state index is 0.115. The molecular weight excluding hydrogens is 1670 g/mol. The first kappa shape index (κ1) is 106. The average Bonchev–Trinajstić information content (AvgIpc) is 1.63. The van der Waals surface area contributed by atoms with Gasteiger partial charge in [-0.15, -0.1) is 0 Å². The number of hydrogen-bond donors (Lipinski definition) is 6. The van der Waals surface area contributed by atoms with Gasteiger partial charge in [-0.3, -0.25) is 43.2 Å². The van der Waals surface area contributed by atoms with Crippen molar-refractivity contribution in [3.8, 4) is 23.1 Å². The van der Waals surface area contributed by atoms with Crippen LogP contribution in [0.3, 0.4) is 0 Å². The second-order valence-corrected chi connectivity index (χ2v) is 40.9. The number of hydrogen-bond acceptors (Lipinski definition) is 26. The molecule has 0 saturated heterocycles. The summed E-state index contributed by atoms with van der Waals surface area (Å²) in [6, 6.07) is 16.0. The van der Waals surface area contributed by atoms with Crippen molar-refractivity contribution in [2.45, 2.75) is 291 Å². The number of thioether (sulfide) groups is 2. The Morgan fingerprint density at radius 3 is 1.56 bits per heavy atom. The summed E-state index contributed by atoms with van der Waals surface area (Å²) in [6.07, 6.45) is 23.0. The number of aromatic amines is 1. The third-order valence-corrected chi connectivity index (χ3v) is 24.2. The van der Waals surface area contributed by atoms with Crippen molar-refractivity contribution in [3.05, 3.63) is 204 Å². The summed E-state index contributed by atoms with van der Waals surface area (Å²) in [6.45, 7) is 58.9. The second kappa shape index (κ2) is 51.6. The molecule has 2 aromatic carbocycles. The molecule has 6 N–H and O–H groups in total. The maximum absolute atomic E-state index is 11.6. The SMILES string of the molecule is C=C1NC=C(CC(C)C)O1.CC(C)CC1=CCC(=O)O1.CC(C)CC1=CCC(=O)S1.CC(C)CC1=CCC(=O)S1.CC(C)Cc1cc(=O)[nH]o1.CC(C)N1CCc2c(O)coc2C1.CC(C)N1CCc2occ(O)c2C1.CC(C)N1CCn2c(O)cnc2C1.CC(C)c1ccc2c(O)coc2c1.CC(C)c1ccc2c(c1)S(=O)(=O)CC2=O.Cc1cc(CC(C)C)on1. The molecule has 16 rings (SSSR count). The molecule has 0 aliphatic carbocycles. The highest BCUT2D eigenvalue weighted by atomic mass is 32.2. The number of sulfone groups is 1. The van der Waals surface area contributed by atoms with Crippen molar-refractivity contribution >= 4 is 66.3 Å². The van der Waals surface area contributed by atoms with Gasteiger partial charge >= 0.3 is 5.97 Å². The first-order valence-corrected chi connectivity index (χ1v) is 47.8. The van der Waals surface area contributed by atoms with Gasteiger partial charge in [0.1, 0.15) is 70.5 Å². The summed E-state index contributed by atoms with van der Waals surface area (Å²) >= 11 is 2.83. The molecule has 8 aliphatic rings. The number of fused-ring (bicyclic) bond motifs is 5. The van der Waals surface area contributed by atoms with Gasteiger partial charge in [-0.1, -0.05) is 164 Å². The third-order valence-electron chi connectivity index (χ3n) is 20.6. The highest BCUT2D eigenvalue weighted by molar-refractivity contribution is 8.17. The standard InChI is InChI=1S/C11H12O3S.C11H12O2.2C10H15NO2.C9H15N3O.2C8H13NO.C8H12O2.2C8H12OS.C7H11NO2/c1-7(2)8-3-4-9-10(12)6-15(13,14)11(9)5-8;1-7(2)8-3-4-9-10(12)6-13-11(9)5-8;1-7(2)11-4-3-10-8(5-11)9(12)6-13-10;1-7(2)11-4-3-8-9(12)6-13-10(8)5-11;1-7(2)11-3-4-12-8(6-11)10-5-9(12)13;1-6(2)4-8-5-9-7(3)10-8;1-6(2)4-8-5-7(3)9-10-8;3*1-6(2)5-7-3-4-8(9)10-7;1-5(2)3-6-4-7(9)8-10-6/h3-5,7H,6H2,1-2H3;3-7,12H,1-2H3;2*6-7,12H,3-5H2,1-2H3;5,7,13H,3-4,6H2,1-2H3;5-6,9H,3-4H2,1-2H3;5-6H,4H2,1-3H3;3*3,6H,4-5H2,1-2H3;4-5H,3H2,1-2H3,(H,8,9). The Bertz CT molecular complexity index is 4920. The first-order chi connectivity index (χ1) is 59.7. The summed E-state index contributed by atoms with van der Waals surface area (Å²) < 4.78 is 60.8. The number of esters is 1. The van der Waals surface area contributed by atoms with E-state index in [9.17, 15) is 52.8 Å². The molecular formula is C98H142N8O18S3. The molecule has 8 aliphatic heterocycles. The van der Waals surface area contributed by atoms with Gasteiger partial charge in [-0.05, 0) is 173 Å². The number of nitrogens with zero attached hydrogens (tertiary/aromatic N) is 6. The van der Waals surface area contributed by atoms with Gasteiger partial charge in [0.2, 0.25) is 5.88 Å².